The van der Waals surface area contributed by atoms with Crippen LogP contribution in [-0.2, 0) is 5.60 Å². The van der Waals surface area contributed by atoms with Crippen molar-refractivity contribution in [3.05, 3.63) is 23.8 Å². The van der Waals surface area contributed by atoms with Gasteiger partial charge in [-0.25, -0.2) is 0 Å². The topological polar surface area (TPSA) is 50.7 Å². The highest BCUT2D eigenvalue weighted by atomic mass is 16.5. The van der Waals surface area contributed by atoms with Crippen LogP contribution in [0, 0.1) is 5.92 Å². The van der Waals surface area contributed by atoms with Gasteiger partial charge in [0.05, 0.1) is 19.8 Å². The fraction of sp³-hybridized carbons (Fsp3) is 0.571. The molecular formula is C14H21NO3. The van der Waals surface area contributed by atoms with E-state index in [0.717, 1.165) is 18.7 Å². The number of rotatable bonds is 3. The van der Waals surface area contributed by atoms with E-state index in [1.807, 2.05) is 25.1 Å². The van der Waals surface area contributed by atoms with Gasteiger partial charge in [0.25, 0.3) is 0 Å². The molecule has 1 fully saturated rings. The van der Waals surface area contributed by atoms with E-state index in [1.165, 1.54) is 0 Å². The molecule has 1 aromatic carbocycles. The van der Waals surface area contributed by atoms with E-state index in [1.54, 1.807) is 14.2 Å². The number of piperidine rings is 1. The van der Waals surface area contributed by atoms with Gasteiger partial charge in [0.15, 0.2) is 0 Å². The summed E-state index contributed by atoms with van der Waals surface area (Å²) in [6.07, 6.45) is 0.658. The van der Waals surface area contributed by atoms with Crippen LogP contribution in [0.3, 0.4) is 0 Å². The highest BCUT2D eigenvalue weighted by molar-refractivity contribution is 5.49. The normalized spacial score (nSPS) is 27.9. The van der Waals surface area contributed by atoms with Crippen molar-refractivity contribution < 1.29 is 14.6 Å². The van der Waals surface area contributed by atoms with Crippen molar-refractivity contribution in [1.82, 2.24) is 5.32 Å². The Labute approximate surface area is 108 Å². The van der Waals surface area contributed by atoms with E-state index >= 15 is 0 Å². The van der Waals surface area contributed by atoms with Gasteiger partial charge in [-0.1, -0.05) is 13.0 Å². The smallest absolute Gasteiger partial charge is 0.128 e. The van der Waals surface area contributed by atoms with Crippen molar-refractivity contribution >= 4 is 0 Å². The summed E-state index contributed by atoms with van der Waals surface area (Å²) in [6.45, 7) is 3.62. The van der Waals surface area contributed by atoms with Gasteiger partial charge in [0.2, 0.25) is 0 Å². The highest BCUT2D eigenvalue weighted by Crippen LogP contribution is 2.44. The van der Waals surface area contributed by atoms with Gasteiger partial charge in [0, 0.05) is 12.5 Å². The molecule has 1 heterocycles. The Morgan fingerprint density at radius 1 is 1.28 bits per heavy atom. The van der Waals surface area contributed by atoms with Gasteiger partial charge >= 0.3 is 0 Å². The zero-order valence-corrected chi connectivity index (χ0v) is 11.2. The van der Waals surface area contributed by atoms with Crippen molar-refractivity contribution in [3.63, 3.8) is 0 Å². The minimum absolute atomic E-state index is 0.108. The second-order valence-electron chi connectivity index (χ2n) is 4.82. The summed E-state index contributed by atoms with van der Waals surface area (Å²) in [5.41, 5.74) is -0.132. The lowest BCUT2D eigenvalue weighted by Gasteiger charge is -2.40. The van der Waals surface area contributed by atoms with E-state index in [4.69, 9.17) is 9.47 Å². The standard InChI is InChI=1S/C14H21NO3/c1-10-9-15-8-7-14(10,16)13-11(17-2)5-4-6-12(13)18-3/h4-6,10,15-16H,7-9H2,1-3H3. The van der Waals surface area contributed by atoms with Gasteiger partial charge in [-0.2, -0.15) is 0 Å². The summed E-state index contributed by atoms with van der Waals surface area (Å²) in [5.74, 6) is 1.48. The van der Waals surface area contributed by atoms with E-state index in [-0.39, 0.29) is 5.92 Å². The Kier molecular flexibility index (Phi) is 3.78. The summed E-state index contributed by atoms with van der Waals surface area (Å²) >= 11 is 0. The summed E-state index contributed by atoms with van der Waals surface area (Å²) in [4.78, 5) is 0. The van der Waals surface area contributed by atoms with E-state index < -0.39 is 5.60 Å². The number of methoxy groups -OCH3 is 2. The molecule has 100 valence electrons. The molecule has 0 radical (unpaired) electrons. The molecule has 4 nitrogen and oxygen atoms in total. The molecular weight excluding hydrogens is 230 g/mol. The van der Waals surface area contributed by atoms with Crippen molar-refractivity contribution in [2.24, 2.45) is 5.92 Å². The Morgan fingerprint density at radius 2 is 1.89 bits per heavy atom. The Morgan fingerprint density at radius 3 is 2.39 bits per heavy atom. The molecule has 2 rings (SSSR count). The molecule has 2 unspecified atom stereocenters. The number of hydrogen-bond acceptors (Lipinski definition) is 4. The second kappa shape index (κ2) is 5.16. The molecule has 0 aliphatic carbocycles. The minimum Gasteiger partial charge on any atom is -0.496 e. The Balaban J connectivity index is 2.53. The summed E-state index contributed by atoms with van der Waals surface area (Å²) in [6, 6.07) is 5.60. The monoisotopic (exact) mass is 251 g/mol. The lowest BCUT2D eigenvalue weighted by molar-refractivity contribution is -0.0424. The van der Waals surface area contributed by atoms with Crippen molar-refractivity contribution in [2.75, 3.05) is 27.3 Å². The Bertz CT molecular complexity index is 399. The van der Waals surface area contributed by atoms with Gasteiger partial charge < -0.3 is 19.9 Å². The molecule has 1 saturated heterocycles. The molecule has 1 aliphatic heterocycles. The van der Waals surface area contributed by atoms with E-state index in [9.17, 15) is 5.11 Å². The number of nitrogens with one attached hydrogen (secondary N) is 1. The van der Waals surface area contributed by atoms with Crippen LogP contribution in [-0.4, -0.2) is 32.4 Å². The number of aliphatic hydroxyl groups is 1. The number of hydrogen-bond donors (Lipinski definition) is 2. The molecule has 2 atom stereocenters. The first kappa shape index (κ1) is 13.2. The van der Waals surface area contributed by atoms with Crippen molar-refractivity contribution in [2.45, 2.75) is 18.9 Å². The number of benzene rings is 1. The van der Waals surface area contributed by atoms with Gasteiger partial charge in [0.1, 0.15) is 17.1 Å². The third-order valence-corrected chi connectivity index (χ3v) is 3.81. The molecule has 4 heteroatoms. The average molecular weight is 251 g/mol. The minimum atomic E-state index is -0.900. The van der Waals surface area contributed by atoms with Crippen LogP contribution >= 0.6 is 0 Å². The van der Waals surface area contributed by atoms with Crippen LogP contribution in [0.5, 0.6) is 11.5 Å². The fourth-order valence-electron chi connectivity index (χ4n) is 2.66. The maximum atomic E-state index is 11.0. The molecule has 1 aromatic rings. The molecule has 0 bridgehead atoms. The van der Waals surface area contributed by atoms with Gasteiger partial charge in [-0.05, 0) is 25.1 Å². The summed E-state index contributed by atoms with van der Waals surface area (Å²) in [7, 11) is 3.24. The van der Waals surface area contributed by atoms with E-state index in [0.29, 0.717) is 17.9 Å². The SMILES string of the molecule is COc1cccc(OC)c1C1(O)CCNCC1C. The molecule has 1 aliphatic rings. The van der Waals surface area contributed by atoms with Crippen LogP contribution < -0.4 is 14.8 Å². The fourth-order valence-corrected chi connectivity index (χ4v) is 2.66. The lowest BCUT2D eigenvalue weighted by Crippen LogP contribution is -2.47. The third-order valence-electron chi connectivity index (χ3n) is 3.81. The van der Waals surface area contributed by atoms with Crippen LogP contribution in [0.2, 0.25) is 0 Å². The molecule has 0 aromatic heterocycles. The average Bonchev–Trinajstić information content (AvgIpc) is 2.41. The lowest BCUT2D eigenvalue weighted by atomic mass is 9.76. The van der Waals surface area contributed by atoms with Gasteiger partial charge in [-0.3, -0.25) is 0 Å². The quantitative estimate of drug-likeness (QED) is 0.855. The van der Waals surface area contributed by atoms with E-state index in [2.05, 4.69) is 5.32 Å². The van der Waals surface area contributed by atoms with Crippen LogP contribution in [0.15, 0.2) is 18.2 Å². The van der Waals surface area contributed by atoms with Crippen molar-refractivity contribution in [1.29, 1.82) is 0 Å². The molecule has 18 heavy (non-hydrogen) atoms. The van der Waals surface area contributed by atoms with Crippen LogP contribution in [0.4, 0.5) is 0 Å². The predicted octanol–water partition coefficient (Wildman–Crippen LogP) is 1.52. The third kappa shape index (κ3) is 2.06. The summed E-state index contributed by atoms with van der Waals surface area (Å²) < 4.78 is 10.8. The zero-order valence-electron chi connectivity index (χ0n) is 11.2. The van der Waals surface area contributed by atoms with Gasteiger partial charge in [-0.15, -0.1) is 0 Å². The second-order valence-corrected chi connectivity index (χ2v) is 4.82. The molecule has 2 N–H and O–H groups in total. The zero-order chi connectivity index (χ0) is 13.2. The first-order chi connectivity index (χ1) is 8.63. The predicted molar refractivity (Wildman–Crippen MR) is 70.1 cm³/mol. The molecule has 0 amide bonds. The van der Waals surface area contributed by atoms with Crippen molar-refractivity contribution in [3.8, 4) is 11.5 Å². The Hall–Kier alpha value is -1.26. The molecule has 0 spiro atoms. The highest BCUT2D eigenvalue weighted by Gasteiger charge is 2.42. The first-order valence-corrected chi connectivity index (χ1v) is 6.28. The van der Waals surface area contributed by atoms with Crippen LogP contribution in [0.1, 0.15) is 18.9 Å². The largest absolute Gasteiger partial charge is 0.496 e. The maximum absolute atomic E-state index is 11.0. The summed E-state index contributed by atoms with van der Waals surface area (Å²) in [5, 5.41) is 14.3. The maximum Gasteiger partial charge on any atom is 0.128 e. The number of ether oxygens (including phenoxy) is 2. The first-order valence-electron chi connectivity index (χ1n) is 6.28. The van der Waals surface area contributed by atoms with Crippen LogP contribution in [0.25, 0.3) is 0 Å². The molecule has 0 saturated carbocycles.